The number of para-hydroxylation sites is 3. The lowest BCUT2D eigenvalue weighted by molar-refractivity contribution is 0.931. The lowest BCUT2D eigenvalue weighted by Gasteiger charge is -2.24. The summed E-state index contributed by atoms with van der Waals surface area (Å²) < 4.78 is 2.37. The number of nitrogens with zero attached hydrogens (tertiary/aromatic N) is 3. The summed E-state index contributed by atoms with van der Waals surface area (Å²) in [5.74, 6) is 1.05. The van der Waals surface area contributed by atoms with Gasteiger partial charge in [0.1, 0.15) is 0 Å². The van der Waals surface area contributed by atoms with Crippen molar-refractivity contribution in [2.24, 2.45) is 0 Å². The minimum Gasteiger partial charge on any atom is -0.297 e. The van der Waals surface area contributed by atoms with E-state index in [1.807, 2.05) is 12.4 Å². The van der Waals surface area contributed by atoms with E-state index in [0.29, 0.717) is 0 Å². The van der Waals surface area contributed by atoms with Crippen molar-refractivity contribution in [3.05, 3.63) is 152 Å². The minimum absolute atomic E-state index is 0.150. The van der Waals surface area contributed by atoms with Crippen LogP contribution in [0.15, 0.2) is 146 Å². The van der Waals surface area contributed by atoms with Gasteiger partial charge in [0.25, 0.3) is 0 Å². The van der Waals surface area contributed by atoms with E-state index in [1.165, 1.54) is 54.9 Å². The van der Waals surface area contributed by atoms with E-state index in [9.17, 15) is 0 Å². The molecule has 0 aliphatic heterocycles. The van der Waals surface area contributed by atoms with Crippen molar-refractivity contribution in [3.8, 4) is 39.1 Å². The first-order valence-electron chi connectivity index (χ1n) is 15.5. The fourth-order valence-corrected chi connectivity index (χ4v) is 6.76. The maximum atomic E-state index is 5.16. The Hall–Kier alpha value is -5.35. The van der Waals surface area contributed by atoms with E-state index in [2.05, 4.69) is 167 Å². The molecule has 2 aromatic heterocycles. The molecule has 6 heteroatoms. The fourth-order valence-electron chi connectivity index (χ4n) is 6.76. The first kappa shape index (κ1) is 27.2. The van der Waals surface area contributed by atoms with E-state index in [-0.39, 0.29) is 5.11 Å². The van der Waals surface area contributed by atoms with Gasteiger partial charge < -0.3 is 0 Å². The summed E-state index contributed by atoms with van der Waals surface area (Å²) in [5, 5.41) is 4.80. The highest BCUT2D eigenvalue weighted by Gasteiger charge is 2.26. The van der Waals surface area contributed by atoms with Gasteiger partial charge in [-0.05, 0) is 79.7 Å². The van der Waals surface area contributed by atoms with Crippen LogP contribution in [0.3, 0.4) is 0 Å². The number of hydrogen-bond donors (Lipinski definition) is 0. The highest BCUT2D eigenvalue weighted by atomic mass is 15.1. The Kier molecular flexibility index (Phi) is 6.46. The number of aromatic nitrogens is 3. The van der Waals surface area contributed by atoms with Gasteiger partial charge in [0.05, 0.1) is 46.1 Å². The minimum atomic E-state index is -0.150. The van der Waals surface area contributed by atoms with Crippen LogP contribution in [0.2, 0.25) is 0 Å². The van der Waals surface area contributed by atoms with Crippen molar-refractivity contribution < 1.29 is 0 Å². The molecule has 8 rings (SSSR count). The number of rotatable bonds is 5. The molecule has 0 aliphatic carbocycles. The maximum Gasteiger partial charge on any atom is 0.0994 e. The molecule has 0 radical (unpaired) electrons. The molecule has 0 saturated heterocycles. The molecule has 3 nitrogen and oxygen atoms in total. The molecular weight excluding hydrogens is 543 g/mol. The third kappa shape index (κ3) is 4.57. The Balaban J connectivity index is 1.42. The second-order valence-corrected chi connectivity index (χ2v) is 12.7. The summed E-state index contributed by atoms with van der Waals surface area (Å²) in [6.45, 7) is 0. The second kappa shape index (κ2) is 10.7. The molecule has 0 bridgehead atoms. The summed E-state index contributed by atoms with van der Waals surface area (Å²) in [4.78, 5) is 9.35. The van der Waals surface area contributed by atoms with Gasteiger partial charge >= 0.3 is 0 Å². The molecule has 0 spiro atoms. The Morgan fingerprint density at radius 1 is 0.489 bits per heavy atom. The van der Waals surface area contributed by atoms with Crippen LogP contribution in [-0.4, -0.2) is 38.1 Å². The summed E-state index contributed by atoms with van der Waals surface area (Å²) in [5.41, 5.74) is 10.5. The number of pyridine rings is 1. The molecule has 0 aliphatic rings. The van der Waals surface area contributed by atoms with Crippen LogP contribution < -0.4 is 0 Å². The molecule has 210 valence electrons. The van der Waals surface area contributed by atoms with Crippen molar-refractivity contribution in [1.82, 2.24) is 14.5 Å². The van der Waals surface area contributed by atoms with E-state index in [0.717, 1.165) is 22.5 Å². The van der Waals surface area contributed by atoms with Gasteiger partial charge in [-0.3, -0.25) is 9.55 Å². The number of hydrogen-bond acceptors (Lipinski definition) is 2. The molecule has 0 atom stereocenters. The molecular formula is C39H30B3N3. The first-order chi connectivity index (χ1) is 22.0. The highest BCUT2D eigenvalue weighted by molar-refractivity contribution is 6.58. The van der Waals surface area contributed by atoms with Crippen LogP contribution >= 0.6 is 0 Å². The average molecular weight is 573 g/mol. The molecule has 6 aromatic carbocycles. The molecule has 8 aromatic rings. The molecule has 0 N–H and O–H groups in total. The van der Waals surface area contributed by atoms with Gasteiger partial charge in [-0.25, -0.2) is 4.98 Å². The molecule has 0 amide bonds. The smallest absolute Gasteiger partial charge is 0.0994 e. The van der Waals surface area contributed by atoms with Crippen molar-refractivity contribution in [1.29, 1.82) is 0 Å². The third-order valence-corrected chi connectivity index (χ3v) is 8.76. The lowest BCUT2D eigenvalue weighted by atomic mass is 9.42. The second-order valence-electron chi connectivity index (χ2n) is 12.7. The zero-order valence-electron chi connectivity index (χ0n) is 25.7. The normalized spacial score (nSPS) is 11.8. The zero-order chi connectivity index (χ0) is 30.5. The van der Waals surface area contributed by atoms with E-state index in [1.54, 1.807) is 0 Å². The van der Waals surface area contributed by atoms with Crippen LogP contribution in [0.5, 0.6) is 0 Å². The van der Waals surface area contributed by atoms with Gasteiger partial charge in [-0.2, -0.15) is 0 Å². The summed E-state index contributed by atoms with van der Waals surface area (Å²) in [6.07, 6.45) is 3.69. The first-order valence-corrected chi connectivity index (χ1v) is 15.5. The summed E-state index contributed by atoms with van der Waals surface area (Å²) in [6, 6.07) is 48.1. The fraction of sp³-hybridized carbons (Fsp3) is 0.0256. The quantitative estimate of drug-likeness (QED) is 0.169. The van der Waals surface area contributed by atoms with E-state index >= 15 is 0 Å². The molecule has 0 saturated carbocycles. The average Bonchev–Trinajstić information content (AvgIpc) is 3.48. The molecule has 2 heterocycles. The van der Waals surface area contributed by atoms with Gasteiger partial charge in [-0.1, -0.05) is 108 Å². The third-order valence-electron chi connectivity index (χ3n) is 8.76. The Morgan fingerprint density at radius 3 is 1.64 bits per heavy atom. The Morgan fingerprint density at radius 2 is 1.00 bits per heavy atom. The summed E-state index contributed by atoms with van der Waals surface area (Å²) >= 11 is 0. The number of benzene rings is 6. The Bertz CT molecular complexity index is 2300. The number of fused-ring (bicyclic) bond motifs is 3. The molecule has 0 unspecified atom stereocenters. The van der Waals surface area contributed by atoms with Crippen molar-refractivity contribution in [2.75, 3.05) is 0 Å². The highest BCUT2D eigenvalue weighted by Crippen LogP contribution is 2.45. The van der Waals surface area contributed by atoms with Crippen LogP contribution in [0.1, 0.15) is 5.82 Å². The van der Waals surface area contributed by atoms with Crippen molar-refractivity contribution in [3.63, 3.8) is 0 Å². The Labute approximate surface area is 265 Å². The zero-order valence-corrected chi connectivity index (χ0v) is 25.7. The topological polar surface area (TPSA) is 30.7 Å². The van der Waals surface area contributed by atoms with Gasteiger partial charge in [-0.15, -0.1) is 0 Å². The van der Waals surface area contributed by atoms with Crippen molar-refractivity contribution >= 4 is 56.1 Å². The lowest BCUT2D eigenvalue weighted by Crippen LogP contribution is -2.31. The standard InChI is InChI=1S/C39H30B3N3/c40-39(41,42)38-44-33-14-6-8-16-35(33)45(38)34-15-7-5-13-32(34)37-30-11-3-1-9-28(30)36(29-10-2-4-12-31(29)37)27-19-17-25(18-20-27)26-21-23-43-24-22-26/h1-24H,40-42H2. The van der Waals surface area contributed by atoms with Crippen LogP contribution in [0.25, 0.3) is 71.6 Å². The predicted molar refractivity (Wildman–Crippen MR) is 197 cm³/mol. The monoisotopic (exact) mass is 573 g/mol. The van der Waals surface area contributed by atoms with Crippen molar-refractivity contribution in [2.45, 2.75) is 5.11 Å². The van der Waals surface area contributed by atoms with Crippen LogP contribution in [0.4, 0.5) is 0 Å². The SMILES string of the molecule is BC(B)(B)c1nc2ccccc2n1-c1ccccc1-c1c2ccccc2c(-c2ccc(-c3ccncc3)cc2)c2ccccc12. The molecule has 0 fully saturated rings. The molecule has 45 heavy (non-hydrogen) atoms. The predicted octanol–water partition coefficient (Wildman–Crippen LogP) is 6.74. The van der Waals surface area contributed by atoms with Gasteiger partial charge in [0.2, 0.25) is 0 Å². The van der Waals surface area contributed by atoms with Gasteiger partial charge in [0, 0.05) is 18.0 Å². The van der Waals surface area contributed by atoms with E-state index in [4.69, 9.17) is 4.98 Å². The maximum absolute atomic E-state index is 5.16. The van der Waals surface area contributed by atoms with Crippen LogP contribution in [0, 0.1) is 0 Å². The van der Waals surface area contributed by atoms with E-state index < -0.39 is 0 Å². The van der Waals surface area contributed by atoms with Gasteiger partial charge in [0.15, 0.2) is 0 Å². The van der Waals surface area contributed by atoms with Crippen LogP contribution in [-0.2, 0) is 5.11 Å². The number of imidazole rings is 1. The largest absolute Gasteiger partial charge is 0.297 e. The summed E-state index contributed by atoms with van der Waals surface area (Å²) in [7, 11) is 6.73.